The fraction of sp³-hybridized carbons (Fsp3) is 0.0588. The summed E-state index contributed by atoms with van der Waals surface area (Å²) in [6, 6.07) is 15.4. The molecule has 4 heteroatoms. The Hall–Kier alpha value is -2.88. The Labute approximate surface area is 122 Å². The van der Waals surface area contributed by atoms with E-state index in [4.69, 9.17) is 0 Å². The molecule has 21 heavy (non-hydrogen) atoms. The standard InChI is InChI=1S/C17H15N3O/c1-2-11-18-17(21)13-7-9-14(10-8-13)20-12-19-15-5-3-4-6-16(15)20/h2-10,12H,1,11H2,(H,18,21). The molecule has 0 fully saturated rings. The third-order valence-electron chi connectivity index (χ3n) is 3.27. The molecule has 0 spiro atoms. The van der Waals surface area contributed by atoms with Crippen molar-refractivity contribution in [3.63, 3.8) is 0 Å². The number of amides is 1. The van der Waals surface area contributed by atoms with Crippen molar-refractivity contribution in [3.8, 4) is 5.69 Å². The molecule has 0 saturated carbocycles. The van der Waals surface area contributed by atoms with Crippen LogP contribution in [0.2, 0.25) is 0 Å². The summed E-state index contributed by atoms with van der Waals surface area (Å²) >= 11 is 0. The van der Waals surface area contributed by atoms with Crippen molar-refractivity contribution < 1.29 is 4.79 Å². The van der Waals surface area contributed by atoms with Crippen LogP contribution in [0.3, 0.4) is 0 Å². The smallest absolute Gasteiger partial charge is 0.251 e. The minimum absolute atomic E-state index is 0.100. The number of hydrogen-bond donors (Lipinski definition) is 1. The van der Waals surface area contributed by atoms with Crippen LogP contribution in [0.5, 0.6) is 0 Å². The summed E-state index contributed by atoms with van der Waals surface area (Å²) in [6.07, 6.45) is 3.45. The van der Waals surface area contributed by atoms with Gasteiger partial charge >= 0.3 is 0 Å². The van der Waals surface area contributed by atoms with Crippen LogP contribution in [-0.4, -0.2) is 22.0 Å². The Morgan fingerprint density at radius 3 is 2.71 bits per heavy atom. The Morgan fingerprint density at radius 1 is 1.19 bits per heavy atom. The van der Waals surface area contributed by atoms with Gasteiger partial charge in [-0.3, -0.25) is 9.36 Å². The first-order valence-corrected chi connectivity index (χ1v) is 6.71. The topological polar surface area (TPSA) is 46.9 Å². The summed E-state index contributed by atoms with van der Waals surface area (Å²) in [5.74, 6) is -0.100. The molecule has 0 unspecified atom stereocenters. The minimum Gasteiger partial charge on any atom is -0.349 e. The van der Waals surface area contributed by atoms with Gasteiger partial charge in [0.15, 0.2) is 0 Å². The molecule has 104 valence electrons. The van der Waals surface area contributed by atoms with E-state index in [-0.39, 0.29) is 5.91 Å². The maximum absolute atomic E-state index is 11.8. The van der Waals surface area contributed by atoms with Gasteiger partial charge in [-0.1, -0.05) is 18.2 Å². The molecule has 0 aliphatic carbocycles. The van der Waals surface area contributed by atoms with Crippen LogP contribution >= 0.6 is 0 Å². The second-order valence-electron chi connectivity index (χ2n) is 4.65. The fourth-order valence-corrected chi connectivity index (χ4v) is 2.21. The molecule has 3 aromatic rings. The predicted octanol–water partition coefficient (Wildman–Crippen LogP) is 2.94. The highest BCUT2D eigenvalue weighted by atomic mass is 16.1. The lowest BCUT2D eigenvalue weighted by atomic mass is 10.2. The molecule has 1 N–H and O–H groups in total. The zero-order chi connectivity index (χ0) is 14.7. The normalized spacial score (nSPS) is 10.5. The molecule has 0 saturated heterocycles. The first kappa shape index (κ1) is 13.1. The lowest BCUT2D eigenvalue weighted by Crippen LogP contribution is -2.23. The van der Waals surface area contributed by atoms with Gasteiger partial charge in [-0.05, 0) is 36.4 Å². The lowest BCUT2D eigenvalue weighted by molar-refractivity contribution is 0.0958. The van der Waals surface area contributed by atoms with Crippen molar-refractivity contribution in [2.45, 2.75) is 0 Å². The largest absolute Gasteiger partial charge is 0.349 e. The quantitative estimate of drug-likeness (QED) is 0.745. The van der Waals surface area contributed by atoms with Crippen LogP contribution in [0, 0.1) is 0 Å². The van der Waals surface area contributed by atoms with Crippen molar-refractivity contribution in [2.75, 3.05) is 6.54 Å². The Kier molecular flexibility index (Phi) is 3.51. The maximum atomic E-state index is 11.8. The fourth-order valence-electron chi connectivity index (χ4n) is 2.21. The second kappa shape index (κ2) is 5.63. The molecule has 1 heterocycles. The minimum atomic E-state index is -0.100. The van der Waals surface area contributed by atoms with E-state index in [1.807, 2.05) is 53.1 Å². The van der Waals surface area contributed by atoms with Crippen molar-refractivity contribution >= 4 is 16.9 Å². The summed E-state index contributed by atoms with van der Waals surface area (Å²) in [6.45, 7) is 4.04. The molecule has 0 radical (unpaired) electrons. The molecule has 1 amide bonds. The summed E-state index contributed by atoms with van der Waals surface area (Å²) in [5.41, 5.74) is 3.60. The number of rotatable bonds is 4. The van der Waals surface area contributed by atoms with Gasteiger partial charge in [-0.2, -0.15) is 0 Å². The molecule has 0 bridgehead atoms. The Morgan fingerprint density at radius 2 is 1.95 bits per heavy atom. The number of imidazole rings is 1. The molecule has 0 atom stereocenters. The van der Waals surface area contributed by atoms with E-state index in [0.29, 0.717) is 12.1 Å². The first-order chi connectivity index (χ1) is 10.3. The van der Waals surface area contributed by atoms with E-state index < -0.39 is 0 Å². The second-order valence-corrected chi connectivity index (χ2v) is 4.65. The summed E-state index contributed by atoms with van der Waals surface area (Å²) in [5, 5.41) is 2.76. The number of nitrogens with one attached hydrogen (secondary N) is 1. The molecule has 0 aliphatic heterocycles. The van der Waals surface area contributed by atoms with Gasteiger partial charge in [0.2, 0.25) is 0 Å². The predicted molar refractivity (Wildman–Crippen MR) is 83.6 cm³/mol. The molecule has 4 nitrogen and oxygen atoms in total. The number of benzene rings is 2. The van der Waals surface area contributed by atoms with Crippen LogP contribution in [0.25, 0.3) is 16.7 Å². The number of nitrogens with zero attached hydrogens (tertiary/aromatic N) is 2. The van der Waals surface area contributed by atoms with Gasteiger partial charge in [0.05, 0.1) is 11.0 Å². The zero-order valence-electron chi connectivity index (χ0n) is 11.5. The lowest BCUT2D eigenvalue weighted by Gasteiger charge is -2.06. The molecule has 0 aliphatic rings. The SMILES string of the molecule is C=CCNC(=O)c1ccc(-n2cnc3ccccc32)cc1. The molecule has 2 aromatic carbocycles. The summed E-state index contributed by atoms with van der Waals surface area (Å²) < 4.78 is 2.00. The van der Waals surface area contributed by atoms with Gasteiger partial charge in [0, 0.05) is 17.8 Å². The summed E-state index contributed by atoms with van der Waals surface area (Å²) in [7, 11) is 0. The third kappa shape index (κ3) is 2.56. The van der Waals surface area contributed by atoms with E-state index in [0.717, 1.165) is 16.7 Å². The van der Waals surface area contributed by atoms with Gasteiger partial charge in [0.1, 0.15) is 6.33 Å². The molecule has 3 rings (SSSR count). The van der Waals surface area contributed by atoms with Gasteiger partial charge in [0.25, 0.3) is 5.91 Å². The molecular formula is C17H15N3O. The van der Waals surface area contributed by atoms with Crippen LogP contribution < -0.4 is 5.32 Å². The highest BCUT2D eigenvalue weighted by molar-refractivity contribution is 5.94. The Balaban J connectivity index is 1.90. The zero-order valence-corrected chi connectivity index (χ0v) is 11.5. The van der Waals surface area contributed by atoms with Gasteiger partial charge < -0.3 is 5.32 Å². The first-order valence-electron chi connectivity index (χ1n) is 6.71. The summed E-state index contributed by atoms with van der Waals surface area (Å²) in [4.78, 5) is 16.2. The van der Waals surface area contributed by atoms with E-state index in [9.17, 15) is 4.79 Å². The van der Waals surface area contributed by atoms with E-state index in [1.54, 1.807) is 12.4 Å². The highest BCUT2D eigenvalue weighted by Gasteiger charge is 2.06. The number of hydrogen-bond acceptors (Lipinski definition) is 2. The average Bonchev–Trinajstić information content (AvgIpc) is 2.97. The number of carbonyl (C=O) groups excluding carboxylic acids is 1. The highest BCUT2D eigenvalue weighted by Crippen LogP contribution is 2.18. The number of fused-ring (bicyclic) bond motifs is 1. The number of para-hydroxylation sites is 2. The third-order valence-corrected chi connectivity index (χ3v) is 3.27. The van der Waals surface area contributed by atoms with Crippen molar-refractivity contribution in [2.24, 2.45) is 0 Å². The van der Waals surface area contributed by atoms with Crippen LogP contribution in [0.1, 0.15) is 10.4 Å². The van der Waals surface area contributed by atoms with Crippen molar-refractivity contribution in [1.29, 1.82) is 0 Å². The van der Waals surface area contributed by atoms with Crippen LogP contribution in [0.4, 0.5) is 0 Å². The van der Waals surface area contributed by atoms with Crippen molar-refractivity contribution in [1.82, 2.24) is 14.9 Å². The monoisotopic (exact) mass is 277 g/mol. The Bertz CT molecular complexity index is 787. The van der Waals surface area contributed by atoms with Gasteiger partial charge in [-0.25, -0.2) is 4.98 Å². The van der Waals surface area contributed by atoms with E-state index >= 15 is 0 Å². The van der Waals surface area contributed by atoms with Crippen LogP contribution in [0.15, 0.2) is 67.5 Å². The van der Waals surface area contributed by atoms with E-state index in [1.165, 1.54) is 0 Å². The van der Waals surface area contributed by atoms with Gasteiger partial charge in [-0.15, -0.1) is 6.58 Å². The number of aromatic nitrogens is 2. The van der Waals surface area contributed by atoms with Crippen molar-refractivity contribution in [3.05, 3.63) is 73.1 Å². The molecular weight excluding hydrogens is 262 g/mol. The molecule has 1 aromatic heterocycles. The van der Waals surface area contributed by atoms with E-state index in [2.05, 4.69) is 16.9 Å². The van der Waals surface area contributed by atoms with Crippen LogP contribution in [-0.2, 0) is 0 Å². The average molecular weight is 277 g/mol. The number of carbonyl (C=O) groups is 1. The maximum Gasteiger partial charge on any atom is 0.251 e.